The average molecular weight is 382 g/mol. The summed E-state index contributed by atoms with van der Waals surface area (Å²) >= 11 is 3.35. The van der Waals surface area contributed by atoms with Crippen LogP contribution in [-0.4, -0.2) is 42.3 Å². The number of benzene rings is 1. The number of amides is 3. The molecule has 0 radical (unpaired) electrons. The molecule has 1 fully saturated rings. The Hall–Kier alpha value is -1.89. The van der Waals surface area contributed by atoms with Gasteiger partial charge in [-0.25, -0.2) is 0 Å². The van der Waals surface area contributed by atoms with Gasteiger partial charge in [-0.05, 0) is 53.4 Å². The minimum atomic E-state index is -0.702. The Balaban J connectivity index is 1.72. The van der Waals surface area contributed by atoms with E-state index in [9.17, 15) is 14.4 Å². The summed E-state index contributed by atoms with van der Waals surface area (Å²) < 4.78 is 0.728. The van der Waals surface area contributed by atoms with Crippen LogP contribution < -0.4 is 10.6 Å². The summed E-state index contributed by atoms with van der Waals surface area (Å²) in [6, 6.07) is 5.45. The third-order valence-electron chi connectivity index (χ3n) is 3.64. The topological polar surface area (TPSA) is 78.5 Å². The van der Waals surface area contributed by atoms with Crippen LogP contribution in [0.15, 0.2) is 22.7 Å². The molecule has 6 nitrogen and oxygen atoms in total. The van der Waals surface area contributed by atoms with Gasteiger partial charge >= 0.3 is 11.8 Å². The van der Waals surface area contributed by atoms with E-state index in [4.69, 9.17) is 0 Å². The molecule has 0 unspecified atom stereocenters. The lowest BCUT2D eigenvalue weighted by atomic mass is 10.2. The van der Waals surface area contributed by atoms with E-state index in [0.717, 1.165) is 23.0 Å². The average Bonchev–Trinajstić information content (AvgIpc) is 2.91. The number of carbonyl (C=O) groups excluding carboxylic acids is 3. The minimum absolute atomic E-state index is 0.165. The van der Waals surface area contributed by atoms with Crippen LogP contribution in [0.25, 0.3) is 0 Å². The maximum atomic E-state index is 11.8. The van der Waals surface area contributed by atoms with Crippen molar-refractivity contribution in [2.45, 2.75) is 26.2 Å². The van der Waals surface area contributed by atoms with Crippen molar-refractivity contribution in [3.63, 3.8) is 0 Å². The molecule has 3 amide bonds. The lowest BCUT2D eigenvalue weighted by molar-refractivity contribution is -0.136. The quantitative estimate of drug-likeness (QED) is 0.603. The molecule has 1 aromatic carbocycles. The van der Waals surface area contributed by atoms with E-state index in [-0.39, 0.29) is 5.91 Å². The summed E-state index contributed by atoms with van der Waals surface area (Å²) in [5.74, 6) is -1.21. The van der Waals surface area contributed by atoms with Gasteiger partial charge in [-0.15, -0.1) is 0 Å². The molecule has 23 heavy (non-hydrogen) atoms. The van der Waals surface area contributed by atoms with Crippen LogP contribution in [-0.2, 0) is 14.4 Å². The summed E-state index contributed by atoms with van der Waals surface area (Å²) in [5.41, 5.74) is 1.61. The van der Waals surface area contributed by atoms with Gasteiger partial charge in [-0.2, -0.15) is 0 Å². The number of nitrogens with one attached hydrogen (secondary N) is 2. The summed E-state index contributed by atoms with van der Waals surface area (Å²) in [7, 11) is 0. The summed E-state index contributed by atoms with van der Waals surface area (Å²) in [4.78, 5) is 36.8. The van der Waals surface area contributed by atoms with Gasteiger partial charge in [-0.3, -0.25) is 14.4 Å². The largest absolute Gasteiger partial charge is 0.348 e. The zero-order valence-corrected chi connectivity index (χ0v) is 14.6. The van der Waals surface area contributed by atoms with Crippen molar-refractivity contribution in [1.29, 1.82) is 0 Å². The predicted octanol–water partition coefficient (Wildman–Crippen LogP) is 1.82. The van der Waals surface area contributed by atoms with E-state index in [0.29, 0.717) is 31.6 Å². The number of carbonyl (C=O) groups is 3. The van der Waals surface area contributed by atoms with Crippen LogP contribution in [0.5, 0.6) is 0 Å². The SMILES string of the molecule is Cc1ccc(NC(=O)C(=O)NCCCN2CCCC2=O)c(Br)c1. The van der Waals surface area contributed by atoms with Crippen molar-refractivity contribution in [2.24, 2.45) is 0 Å². The maximum absolute atomic E-state index is 11.8. The van der Waals surface area contributed by atoms with Crippen LogP contribution >= 0.6 is 15.9 Å². The Labute approximate surface area is 143 Å². The summed E-state index contributed by atoms with van der Waals surface area (Å²) in [6.07, 6.45) is 2.15. The highest BCUT2D eigenvalue weighted by Crippen LogP contribution is 2.23. The number of nitrogens with zero attached hydrogens (tertiary/aromatic N) is 1. The number of rotatable bonds is 5. The highest BCUT2D eigenvalue weighted by Gasteiger charge is 2.19. The molecule has 0 atom stereocenters. The molecule has 0 aromatic heterocycles. The standard InChI is InChI=1S/C16H20BrN3O3/c1-11-5-6-13(12(17)10-11)19-16(23)15(22)18-7-3-9-20-8-2-4-14(20)21/h5-6,10H,2-4,7-9H2,1H3,(H,18,22)(H,19,23). The van der Waals surface area contributed by atoms with Gasteiger partial charge in [0, 0.05) is 30.5 Å². The van der Waals surface area contributed by atoms with E-state index in [1.807, 2.05) is 19.1 Å². The first-order valence-electron chi connectivity index (χ1n) is 7.60. The molecule has 0 bridgehead atoms. The van der Waals surface area contributed by atoms with Crippen LogP contribution in [0.4, 0.5) is 5.69 Å². The minimum Gasteiger partial charge on any atom is -0.348 e. The Morgan fingerprint density at radius 2 is 2.09 bits per heavy atom. The molecular weight excluding hydrogens is 362 g/mol. The third kappa shape index (κ3) is 5.06. The van der Waals surface area contributed by atoms with Gasteiger partial charge in [0.15, 0.2) is 0 Å². The highest BCUT2D eigenvalue weighted by molar-refractivity contribution is 9.10. The van der Waals surface area contributed by atoms with Gasteiger partial charge in [0.2, 0.25) is 5.91 Å². The Kier molecular flexibility index (Phi) is 6.15. The predicted molar refractivity (Wildman–Crippen MR) is 90.9 cm³/mol. The second-order valence-corrected chi connectivity index (χ2v) is 6.39. The molecule has 7 heteroatoms. The van der Waals surface area contributed by atoms with E-state index in [1.54, 1.807) is 11.0 Å². The number of aryl methyl sites for hydroxylation is 1. The number of likely N-dealkylation sites (tertiary alicyclic amines) is 1. The maximum Gasteiger partial charge on any atom is 0.313 e. The van der Waals surface area contributed by atoms with Crippen LogP contribution in [0.3, 0.4) is 0 Å². The third-order valence-corrected chi connectivity index (χ3v) is 4.30. The zero-order chi connectivity index (χ0) is 16.8. The monoisotopic (exact) mass is 381 g/mol. The van der Waals surface area contributed by atoms with Crippen LogP contribution in [0.2, 0.25) is 0 Å². The molecule has 0 spiro atoms. The fourth-order valence-electron chi connectivity index (χ4n) is 2.39. The summed E-state index contributed by atoms with van der Waals surface area (Å²) in [5, 5.41) is 5.13. The molecule has 124 valence electrons. The second-order valence-electron chi connectivity index (χ2n) is 5.53. The van der Waals surface area contributed by atoms with E-state index in [1.165, 1.54) is 0 Å². The molecule has 0 aliphatic carbocycles. The van der Waals surface area contributed by atoms with Crippen molar-refractivity contribution < 1.29 is 14.4 Å². The molecule has 1 heterocycles. The number of hydrogen-bond acceptors (Lipinski definition) is 3. The van der Waals surface area contributed by atoms with E-state index >= 15 is 0 Å². The molecule has 1 aromatic rings. The second kappa shape index (κ2) is 8.10. The molecule has 2 N–H and O–H groups in total. The first-order chi connectivity index (χ1) is 11.0. The normalized spacial score (nSPS) is 14.0. The van der Waals surface area contributed by atoms with Crippen molar-refractivity contribution in [1.82, 2.24) is 10.2 Å². The molecule has 1 aliphatic rings. The fraction of sp³-hybridized carbons (Fsp3) is 0.438. The van der Waals surface area contributed by atoms with E-state index in [2.05, 4.69) is 26.6 Å². The smallest absolute Gasteiger partial charge is 0.313 e. The van der Waals surface area contributed by atoms with Gasteiger partial charge in [0.25, 0.3) is 0 Å². The summed E-state index contributed by atoms with van der Waals surface area (Å²) in [6.45, 7) is 3.71. The molecular formula is C16H20BrN3O3. The van der Waals surface area contributed by atoms with Gasteiger partial charge in [0.05, 0.1) is 5.69 Å². The highest BCUT2D eigenvalue weighted by atomic mass is 79.9. The molecule has 1 aliphatic heterocycles. The number of halogens is 1. The van der Waals surface area contributed by atoms with Gasteiger partial charge < -0.3 is 15.5 Å². The Morgan fingerprint density at radius 3 is 2.74 bits per heavy atom. The van der Waals surface area contributed by atoms with Crippen molar-refractivity contribution in [3.8, 4) is 0 Å². The van der Waals surface area contributed by atoms with Gasteiger partial charge in [-0.1, -0.05) is 6.07 Å². The zero-order valence-electron chi connectivity index (χ0n) is 13.0. The Bertz CT molecular complexity index is 619. The fourth-order valence-corrected chi connectivity index (χ4v) is 2.99. The molecule has 0 saturated carbocycles. The Morgan fingerprint density at radius 1 is 1.30 bits per heavy atom. The first kappa shape index (κ1) is 17.5. The lowest BCUT2D eigenvalue weighted by Gasteiger charge is -2.15. The van der Waals surface area contributed by atoms with Crippen molar-refractivity contribution >= 4 is 39.3 Å². The lowest BCUT2D eigenvalue weighted by Crippen LogP contribution is -2.37. The number of anilines is 1. The number of hydrogen-bond donors (Lipinski definition) is 2. The van der Waals surface area contributed by atoms with Crippen molar-refractivity contribution in [2.75, 3.05) is 25.0 Å². The van der Waals surface area contributed by atoms with Crippen LogP contribution in [0.1, 0.15) is 24.8 Å². The van der Waals surface area contributed by atoms with Gasteiger partial charge in [0.1, 0.15) is 0 Å². The van der Waals surface area contributed by atoms with Crippen LogP contribution in [0, 0.1) is 6.92 Å². The molecule has 1 saturated heterocycles. The first-order valence-corrected chi connectivity index (χ1v) is 8.40. The van der Waals surface area contributed by atoms with Crippen molar-refractivity contribution in [3.05, 3.63) is 28.2 Å². The van der Waals surface area contributed by atoms with E-state index < -0.39 is 11.8 Å². The molecule has 2 rings (SSSR count).